The van der Waals surface area contributed by atoms with E-state index in [2.05, 4.69) is 25.0 Å². The van der Waals surface area contributed by atoms with Crippen molar-refractivity contribution in [2.45, 2.75) is 6.42 Å². The lowest BCUT2D eigenvalue weighted by atomic mass is 10.4. The van der Waals surface area contributed by atoms with Crippen molar-refractivity contribution in [3.8, 4) is 11.8 Å². The van der Waals surface area contributed by atoms with E-state index in [4.69, 9.17) is 0 Å². The smallest absolute Gasteiger partial charge is 0.0270 e. The Bertz CT molecular complexity index is 110. The molecule has 0 N–H and O–H groups in total. The lowest BCUT2D eigenvalue weighted by Crippen LogP contribution is -1.51. The maximum atomic E-state index is 3.50. The standard InChI is InChI=1S/C7H8/c1-3-5-7-6-4-2/h3-4H,1-2,5H2. The predicted molar refractivity (Wildman–Crippen MR) is 32.8 cm³/mol. The summed E-state index contributed by atoms with van der Waals surface area (Å²) < 4.78 is 0. The zero-order valence-corrected chi connectivity index (χ0v) is 4.28. The third kappa shape index (κ3) is 5.04. The Balaban J connectivity index is 3.24. The van der Waals surface area contributed by atoms with E-state index in [1.165, 1.54) is 0 Å². The Morgan fingerprint density at radius 3 is 2.57 bits per heavy atom. The van der Waals surface area contributed by atoms with Gasteiger partial charge in [-0.1, -0.05) is 24.5 Å². The van der Waals surface area contributed by atoms with E-state index in [0.717, 1.165) is 6.42 Å². The van der Waals surface area contributed by atoms with Crippen LogP contribution in [0.1, 0.15) is 6.42 Å². The maximum Gasteiger partial charge on any atom is 0.0270 e. The maximum absolute atomic E-state index is 3.50. The molecule has 0 bridgehead atoms. The van der Waals surface area contributed by atoms with Crippen LogP contribution in [0.5, 0.6) is 0 Å². The Kier molecular flexibility index (Phi) is 4.35. The van der Waals surface area contributed by atoms with Gasteiger partial charge in [0.25, 0.3) is 0 Å². The summed E-state index contributed by atoms with van der Waals surface area (Å²) in [7, 11) is 0. The molecule has 0 aromatic heterocycles. The fourth-order valence-corrected chi connectivity index (χ4v) is 0.203. The SMILES string of the molecule is C=CC#CCC=C. The van der Waals surface area contributed by atoms with Gasteiger partial charge in [0.1, 0.15) is 0 Å². The zero-order chi connectivity index (χ0) is 5.54. The molecular weight excluding hydrogens is 84.1 g/mol. The summed E-state index contributed by atoms with van der Waals surface area (Å²) in [5.41, 5.74) is 0. The fraction of sp³-hybridized carbons (Fsp3) is 0.143. The van der Waals surface area contributed by atoms with Gasteiger partial charge < -0.3 is 0 Å². The van der Waals surface area contributed by atoms with Crippen LogP contribution in [0.3, 0.4) is 0 Å². The van der Waals surface area contributed by atoms with Crippen LogP contribution in [-0.2, 0) is 0 Å². The van der Waals surface area contributed by atoms with Crippen LogP contribution in [-0.4, -0.2) is 0 Å². The molecule has 0 aliphatic carbocycles. The van der Waals surface area contributed by atoms with Crippen molar-refractivity contribution in [3.63, 3.8) is 0 Å². The van der Waals surface area contributed by atoms with E-state index in [-0.39, 0.29) is 0 Å². The van der Waals surface area contributed by atoms with E-state index in [1.54, 1.807) is 12.2 Å². The average molecular weight is 92.1 g/mol. The van der Waals surface area contributed by atoms with Gasteiger partial charge >= 0.3 is 0 Å². The molecule has 0 aliphatic rings. The van der Waals surface area contributed by atoms with E-state index in [1.807, 2.05) is 0 Å². The Morgan fingerprint density at radius 1 is 1.43 bits per heavy atom. The minimum Gasteiger partial charge on any atom is -0.102 e. The van der Waals surface area contributed by atoms with Crippen molar-refractivity contribution < 1.29 is 0 Å². The third-order valence-corrected chi connectivity index (χ3v) is 0.451. The topological polar surface area (TPSA) is 0 Å². The molecule has 0 amide bonds. The van der Waals surface area contributed by atoms with E-state index >= 15 is 0 Å². The molecule has 0 heteroatoms. The summed E-state index contributed by atoms with van der Waals surface area (Å²) in [5, 5.41) is 0. The number of hydrogen-bond donors (Lipinski definition) is 0. The summed E-state index contributed by atoms with van der Waals surface area (Å²) in [6.07, 6.45) is 4.09. The van der Waals surface area contributed by atoms with E-state index in [9.17, 15) is 0 Å². The number of rotatable bonds is 1. The quantitative estimate of drug-likeness (QED) is 0.341. The summed E-state index contributed by atoms with van der Waals surface area (Å²) in [4.78, 5) is 0. The van der Waals surface area contributed by atoms with Gasteiger partial charge in [-0.15, -0.1) is 6.58 Å². The highest BCUT2D eigenvalue weighted by atomic mass is 13.6. The summed E-state index contributed by atoms with van der Waals surface area (Å²) in [5.74, 6) is 5.49. The van der Waals surface area contributed by atoms with Gasteiger partial charge in [-0.3, -0.25) is 0 Å². The molecule has 0 heterocycles. The van der Waals surface area contributed by atoms with Crippen molar-refractivity contribution in [1.82, 2.24) is 0 Å². The van der Waals surface area contributed by atoms with Crippen molar-refractivity contribution in [3.05, 3.63) is 25.3 Å². The van der Waals surface area contributed by atoms with E-state index < -0.39 is 0 Å². The first-order valence-corrected chi connectivity index (χ1v) is 2.12. The molecule has 7 heavy (non-hydrogen) atoms. The van der Waals surface area contributed by atoms with Gasteiger partial charge in [-0.2, -0.15) is 0 Å². The van der Waals surface area contributed by atoms with Crippen molar-refractivity contribution >= 4 is 0 Å². The van der Waals surface area contributed by atoms with Gasteiger partial charge in [0.05, 0.1) is 0 Å². The molecule has 0 spiro atoms. The molecule has 0 unspecified atom stereocenters. The monoisotopic (exact) mass is 92.1 g/mol. The molecule has 0 aromatic rings. The molecule has 0 saturated heterocycles. The lowest BCUT2D eigenvalue weighted by molar-refractivity contribution is 1.49. The first-order chi connectivity index (χ1) is 3.41. The summed E-state index contributed by atoms with van der Waals surface area (Å²) in [6.45, 7) is 6.92. The predicted octanol–water partition coefficient (Wildman–Crippen LogP) is 1.75. The number of allylic oxidation sites excluding steroid dienone is 2. The molecule has 0 rings (SSSR count). The molecule has 0 aliphatic heterocycles. The van der Waals surface area contributed by atoms with Crippen molar-refractivity contribution in [1.29, 1.82) is 0 Å². The highest BCUT2D eigenvalue weighted by Crippen LogP contribution is 1.71. The third-order valence-electron chi connectivity index (χ3n) is 0.451. The lowest BCUT2D eigenvalue weighted by Gasteiger charge is -1.65. The number of hydrogen-bond acceptors (Lipinski definition) is 0. The second-order valence-electron chi connectivity index (χ2n) is 1.02. The van der Waals surface area contributed by atoms with Gasteiger partial charge in [0, 0.05) is 6.42 Å². The highest BCUT2D eigenvalue weighted by Gasteiger charge is 1.56. The zero-order valence-electron chi connectivity index (χ0n) is 4.28. The van der Waals surface area contributed by atoms with Crippen LogP contribution in [0, 0.1) is 11.8 Å². The van der Waals surface area contributed by atoms with Crippen molar-refractivity contribution in [2.24, 2.45) is 0 Å². The highest BCUT2D eigenvalue weighted by molar-refractivity contribution is 5.13. The molecule has 0 nitrogen and oxygen atoms in total. The molecule has 36 valence electrons. The van der Waals surface area contributed by atoms with Crippen LogP contribution in [0.25, 0.3) is 0 Å². The summed E-state index contributed by atoms with van der Waals surface area (Å²) >= 11 is 0. The first kappa shape index (κ1) is 6.04. The molecular formula is C7H8. The van der Waals surface area contributed by atoms with Crippen LogP contribution in [0.2, 0.25) is 0 Å². The van der Waals surface area contributed by atoms with Gasteiger partial charge in [0.15, 0.2) is 0 Å². The minimum absolute atomic E-state index is 0.756. The molecule has 0 aromatic carbocycles. The normalized spacial score (nSPS) is 5.71. The van der Waals surface area contributed by atoms with E-state index in [0.29, 0.717) is 0 Å². The second-order valence-corrected chi connectivity index (χ2v) is 1.02. The van der Waals surface area contributed by atoms with Crippen LogP contribution in [0.4, 0.5) is 0 Å². The molecule has 0 atom stereocenters. The van der Waals surface area contributed by atoms with Crippen LogP contribution < -0.4 is 0 Å². The molecule has 0 fully saturated rings. The van der Waals surface area contributed by atoms with Gasteiger partial charge in [0.2, 0.25) is 0 Å². The van der Waals surface area contributed by atoms with Gasteiger partial charge in [-0.25, -0.2) is 0 Å². The summed E-state index contributed by atoms with van der Waals surface area (Å²) in [6, 6.07) is 0. The molecule has 0 saturated carbocycles. The first-order valence-electron chi connectivity index (χ1n) is 2.12. The minimum atomic E-state index is 0.756. The Morgan fingerprint density at radius 2 is 2.14 bits per heavy atom. The average Bonchev–Trinajstić information content (AvgIpc) is 1.69. The Labute approximate surface area is 44.5 Å². The van der Waals surface area contributed by atoms with Crippen LogP contribution in [0.15, 0.2) is 25.3 Å². The second kappa shape index (κ2) is 5.04. The fourth-order valence-electron chi connectivity index (χ4n) is 0.203. The van der Waals surface area contributed by atoms with Crippen LogP contribution >= 0.6 is 0 Å². The van der Waals surface area contributed by atoms with Crippen molar-refractivity contribution in [2.75, 3.05) is 0 Å². The Hall–Kier alpha value is -0.960. The molecule has 0 radical (unpaired) electrons. The van der Waals surface area contributed by atoms with Gasteiger partial charge in [-0.05, 0) is 6.08 Å². The largest absolute Gasteiger partial charge is 0.102 e.